The van der Waals surface area contributed by atoms with Crippen molar-refractivity contribution in [2.75, 3.05) is 20.1 Å². The Morgan fingerprint density at radius 1 is 1.53 bits per heavy atom. The molecule has 0 bridgehead atoms. The summed E-state index contributed by atoms with van der Waals surface area (Å²) < 4.78 is 4.96. The van der Waals surface area contributed by atoms with Gasteiger partial charge in [-0.05, 0) is 12.0 Å². The van der Waals surface area contributed by atoms with E-state index in [1.54, 1.807) is 35.4 Å². The van der Waals surface area contributed by atoms with Crippen molar-refractivity contribution >= 4 is 12.0 Å². The Labute approximate surface area is 111 Å². The van der Waals surface area contributed by atoms with Crippen molar-refractivity contribution in [2.24, 2.45) is 11.8 Å². The Bertz CT molecular complexity index is 457. The van der Waals surface area contributed by atoms with Gasteiger partial charge in [-0.3, -0.25) is 4.79 Å². The summed E-state index contributed by atoms with van der Waals surface area (Å²) in [5.74, 6) is -1.31. The van der Waals surface area contributed by atoms with E-state index < -0.39 is 11.9 Å². The van der Waals surface area contributed by atoms with Gasteiger partial charge in [0.1, 0.15) is 0 Å². The second kappa shape index (κ2) is 5.34. The summed E-state index contributed by atoms with van der Waals surface area (Å²) in [5, 5.41) is 9.07. The second-order valence-corrected chi connectivity index (χ2v) is 5.10. The van der Waals surface area contributed by atoms with E-state index in [4.69, 9.17) is 9.52 Å². The number of likely N-dealkylation sites (tertiary alicyclic amines) is 1. The molecular formula is C13H18N2O4. The molecule has 2 amide bonds. The van der Waals surface area contributed by atoms with Crippen LogP contribution in [-0.4, -0.2) is 47.0 Å². The number of carbonyl (C=O) groups is 2. The number of aliphatic carboxylic acids is 1. The third-order valence-corrected chi connectivity index (χ3v) is 3.53. The van der Waals surface area contributed by atoms with Gasteiger partial charge >= 0.3 is 12.0 Å². The van der Waals surface area contributed by atoms with Gasteiger partial charge in [0.15, 0.2) is 0 Å². The molecule has 104 valence electrons. The molecule has 0 saturated carbocycles. The van der Waals surface area contributed by atoms with Crippen LogP contribution >= 0.6 is 0 Å². The number of amides is 2. The molecule has 0 spiro atoms. The third-order valence-electron chi connectivity index (χ3n) is 3.53. The zero-order valence-corrected chi connectivity index (χ0v) is 11.1. The number of nitrogens with zero attached hydrogens (tertiary/aromatic N) is 2. The van der Waals surface area contributed by atoms with Gasteiger partial charge in [-0.1, -0.05) is 6.92 Å². The molecule has 6 nitrogen and oxygen atoms in total. The highest BCUT2D eigenvalue weighted by Gasteiger charge is 2.37. The predicted molar refractivity (Wildman–Crippen MR) is 67.4 cm³/mol. The van der Waals surface area contributed by atoms with Crippen LogP contribution in [0.3, 0.4) is 0 Å². The molecule has 0 aliphatic carbocycles. The Balaban J connectivity index is 1.95. The normalized spacial score (nSPS) is 22.5. The topological polar surface area (TPSA) is 74.0 Å². The van der Waals surface area contributed by atoms with Crippen molar-refractivity contribution < 1.29 is 19.1 Å². The zero-order valence-electron chi connectivity index (χ0n) is 11.1. The van der Waals surface area contributed by atoms with E-state index in [-0.39, 0.29) is 18.5 Å². The van der Waals surface area contributed by atoms with Crippen LogP contribution in [0.1, 0.15) is 12.5 Å². The summed E-state index contributed by atoms with van der Waals surface area (Å²) in [6, 6.07) is 1.66. The van der Waals surface area contributed by atoms with Crippen molar-refractivity contribution in [2.45, 2.75) is 13.5 Å². The van der Waals surface area contributed by atoms with Crippen LogP contribution in [0, 0.1) is 11.8 Å². The van der Waals surface area contributed by atoms with E-state index in [2.05, 4.69) is 0 Å². The molecular weight excluding hydrogens is 248 g/mol. The Kier molecular flexibility index (Phi) is 3.78. The van der Waals surface area contributed by atoms with E-state index >= 15 is 0 Å². The molecule has 2 atom stereocenters. The number of furan rings is 1. The van der Waals surface area contributed by atoms with Crippen LogP contribution in [0.25, 0.3) is 0 Å². The van der Waals surface area contributed by atoms with Gasteiger partial charge in [-0.2, -0.15) is 0 Å². The van der Waals surface area contributed by atoms with Crippen molar-refractivity contribution in [3.05, 3.63) is 24.2 Å². The maximum Gasteiger partial charge on any atom is 0.320 e. The number of carboxylic acid groups (broad SMARTS) is 1. The minimum atomic E-state index is -0.833. The standard InChI is InChI=1S/C13H18N2O4/c1-9-5-15(7-11(9)12(16)17)13(18)14(2)6-10-3-4-19-8-10/h3-4,8-9,11H,5-7H2,1-2H3,(H,16,17)/t9-,11-/m1/s1. The van der Waals surface area contributed by atoms with Crippen LogP contribution in [0.15, 0.2) is 23.0 Å². The first-order chi connectivity index (χ1) is 8.99. The maximum absolute atomic E-state index is 12.2. The summed E-state index contributed by atoms with van der Waals surface area (Å²) in [4.78, 5) is 26.4. The lowest BCUT2D eigenvalue weighted by Crippen LogP contribution is -2.39. The number of urea groups is 1. The van der Waals surface area contributed by atoms with Gasteiger partial charge in [0.25, 0.3) is 0 Å². The van der Waals surface area contributed by atoms with Gasteiger partial charge in [0.2, 0.25) is 0 Å². The molecule has 1 aliphatic rings. The fourth-order valence-electron chi connectivity index (χ4n) is 2.41. The molecule has 0 unspecified atom stereocenters. The minimum absolute atomic E-state index is 0.0104. The molecule has 1 saturated heterocycles. The first-order valence-corrected chi connectivity index (χ1v) is 6.23. The second-order valence-electron chi connectivity index (χ2n) is 5.10. The quantitative estimate of drug-likeness (QED) is 0.899. The Hall–Kier alpha value is -1.98. The lowest BCUT2D eigenvalue weighted by atomic mass is 9.99. The molecule has 2 heterocycles. The van der Waals surface area contributed by atoms with Gasteiger partial charge in [-0.25, -0.2) is 4.79 Å². The van der Waals surface area contributed by atoms with Crippen molar-refractivity contribution in [3.63, 3.8) is 0 Å². The van der Waals surface area contributed by atoms with Gasteiger partial charge in [-0.15, -0.1) is 0 Å². The molecule has 1 aliphatic heterocycles. The lowest BCUT2D eigenvalue weighted by molar-refractivity contribution is -0.142. The van der Waals surface area contributed by atoms with Gasteiger partial charge in [0.05, 0.1) is 25.0 Å². The fraction of sp³-hybridized carbons (Fsp3) is 0.538. The van der Waals surface area contributed by atoms with E-state index in [9.17, 15) is 9.59 Å². The van der Waals surface area contributed by atoms with Gasteiger partial charge < -0.3 is 19.3 Å². The average molecular weight is 266 g/mol. The maximum atomic E-state index is 12.2. The fourth-order valence-corrected chi connectivity index (χ4v) is 2.41. The molecule has 19 heavy (non-hydrogen) atoms. The summed E-state index contributed by atoms with van der Waals surface area (Å²) in [7, 11) is 1.70. The summed E-state index contributed by atoms with van der Waals surface area (Å²) in [6.07, 6.45) is 3.16. The molecule has 0 radical (unpaired) electrons. The average Bonchev–Trinajstić information content (AvgIpc) is 2.97. The van der Waals surface area contributed by atoms with Crippen LogP contribution in [0.5, 0.6) is 0 Å². The molecule has 1 N–H and O–H groups in total. The largest absolute Gasteiger partial charge is 0.481 e. The van der Waals surface area contributed by atoms with E-state index in [1.807, 2.05) is 6.92 Å². The minimum Gasteiger partial charge on any atom is -0.481 e. The Morgan fingerprint density at radius 2 is 2.26 bits per heavy atom. The van der Waals surface area contributed by atoms with Gasteiger partial charge in [0, 0.05) is 25.7 Å². The molecule has 1 aromatic heterocycles. The number of carbonyl (C=O) groups excluding carboxylic acids is 1. The Morgan fingerprint density at radius 3 is 2.79 bits per heavy atom. The van der Waals surface area contributed by atoms with Crippen LogP contribution in [0.2, 0.25) is 0 Å². The summed E-state index contributed by atoms with van der Waals surface area (Å²) in [6.45, 7) is 3.09. The highest BCUT2D eigenvalue weighted by molar-refractivity contribution is 5.77. The summed E-state index contributed by atoms with van der Waals surface area (Å²) in [5.41, 5.74) is 0.915. The number of hydrogen-bond acceptors (Lipinski definition) is 3. The molecule has 1 fully saturated rings. The molecule has 0 aromatic carbocycles. The monoisotopic (exact) mass is 266 g/mol. The van der Waals surface area contributed by atoms with Crippen LogP contribution in [-0.2, 0) is 11.3 Å². The third kappa shape index (κ3) is 2.89. The SMILES string of the molecule is C[C@@H]1CN(C(=O)N(C)Cc2ccoc2)C[C@H]1C(=O)O. The summed E-state index contributed by atoms with van der Waals surface area (Å²) >= 11 is 0. The number of carboxylic acids is 1. The van der Waals surface area contributed by atoms with E-state index in [1.165, 1.54) is 0 Å². The van der Waals surface area contributed by atoms with Crippen molar-refractivity contribution in [1.82, 2.24) is 9.80 Å². The molecule has 1 aromatic rings. The number of hydrogen-bond donors (Lipinski definition) is 1. The smallest absolute Gasteiger partial charge is 0.320 e. The zero-order chi connectivity index (χ0) is 14.0. The van der Waals surface area contributed by atoms with Crippen LogP contribution < -0.4 is 0 Å². The van der Waals surface area contributed by atoms with E-state index in [0.717, 1.165) is 5.56 Å². The predicted octanol–water partition coefficient (Wildman–Crippen LogP) is 1.48. The first kappa shape index (κ1) is 13.5. The number of rotatable bonds is 3. The highest BCUT2D eigenvalue weighted by atomic mass is 16.4. The van der Waals surface area contributed by atoms with E-state index in [0.29, 0.717) is 13.1 Å². The molecule has 2 rings (SSSR count). The highest BCUT2D eigenvalue weighted by Crippen LogP contribution is 2.24. The van der Waals surface area contributed by atoms with Crippen LogP contribution in [0.4, 0.5) is 4.79 Å². The lowest BCUT2D eigenvalue weighted by Gasteiger charge is -2.24. The van der Waals surface area contributed by atoms with Crippen molar-refractivity contribution in [3.8, 4) is 0 Å². The van der Waals surface area contributed by atoms with Crippen molar-refractivity contribution in [1.29, 1.82) is 0 Å². The first-order valence-electron chi connectivity index (χ1n) is 6.23. The molecule has 6 heteroatoms.